The number of hydrogen-bond acceptors (Lipinski definition) is 3. The molecule has 0 bridgehead atoms. The minimum absolute atomic E-state index is 0.215. The second-order valence-corrected chi connectivity index (χ2v) is 5.96. The summed E-state index contributed by atoms with van der Waals surface area (Å²) < 4.78 is 0. The van der Waals surface area contributed by atoms with Crippen LogP contribution in [0.5, 0.6) is 0 Å². The fourth-order valence-electron chi connectivity index (χ4n) is 2.14. The summed E-state index contributed by atoms with van der Waals surface area (Å²) in [6.45, 7) is 8.02. The Kier molecular flexibility index (Phi) is 7.06. The maximum absolute atomic E-state index is 9.16. The molecule has 0 aromatic heterocycles. The molecule has 0 unspecified atom stereocenters. The molecule has 0 fully saturated rings. The van der Waals surface area contributed by atoms with Crippen LogP contribution in [0, 0.1) is 5.41 Å². The van der Waals surface area contributed by atoms with E-state index < -0.39 is 0 Å². The number of aliphatic hydroxyl groups is 1. The van der Waals surface area contributed by atoms with Gasteiger partial charge in [-0.2, -0.15) is 0 Å². The van der Waals surface area contributed by atoms with Crippen molar-refractivity contribution in [3.63, 3.8) is 0 Å². The molecule has 0 spiro atoms. The van der Waals surface area contributed by atoms with E-state index in [4.69, 9.17) is 10.8 Å². The summed E-state index contributed by atoms with van der Waals surface area (Å²) in [7, 11) is 0. The van der Waals surface area contributed by atoms with Gasteiger partial charge >= 0.3 is 0 Å². The highest BCUT2D eigenvalue weighted by molar-refractivity contribution is 5.14. The lowest BCUT2D eigenvalue weighted by atomic mass is 9.88. The van der Waals surface area contributed by atoms with E-state index in [0.29, 0.717) is 0 Å². The first-order chi connectivity index (χ1) is 9.07. The number of rotatable bonds is 9. The third kappa shape index (κ3) is 6.71. The van der Waals surface area contributed by atoms with E-state index in [9.17, 15) is 0 Å². The topological polar surface area (TPSA) is 49.5 Å². The third-order valence-electron chi connectivity index (χ3n) is 3.55. The Labute approximate surface area is 117 Å². The Hall–Kier alpha value is -0.900. The molecule has 0 aliphatic rings. The molecule has 1 aromatic rings. The highest BCUT2D eigenvalue weighted by Crippen LogP contribution is 2.20. The number of nitrogens with zero attached hydrogens (tertiary/aromatic N) is 1. The highest BCUT2D eigenvalue weighted by atomic mass is 16.3. The van der Waals surface area contributed by atoms with Gasteiger partial charge in [0.2, 0.25) is 0 Å². The largest absolute Gasteiger partial charge is 0.395 e. The molecule has 0 amide bonds. The lowest BCUT2D eigenvalue weighted by molar-refractivity contribution is 0.180. The highest BCUT2D eigenvalue weighted by Gasteiger charge is 2.15. The molecule has 0 saturated carbocycles. The third-order valence-corrected chi connectivity index (χ3v) is 3.55. The van der Waals surface area contributed by atoms with Crippen molar-refractivity contribution in [3.05, 3.63) is 35.9 Å². The van der Waals surface area contributed by atoms with Gasteiger partial charge in [-0.25, -0.2) is 0 Å². The summed E-state index contributed by atoms with van der Waals surface area (Å²) in [6.07, 6.45) is 2.25. The lowest BCUT2D eigenvalue weighted by Gasteiger charge is -2.26. The van der Waals surface area contributed by atoms with E-state index in [2.05, 4.69) is 43.0 Å². The monoisotopic (exact) mass is 264 g/mol. The quantitative estimate of drug-likeness (QED) is 0.719. The zero-order valence-corrected chi connectivity index (χ0v) is 12.3. The van der Waals surface area contributed by atoms with Crippen molar-refractivity contribution in [1.82, 2.24) is 4.90 Å². The predicted octanol–water partition coefficient (Wildman–Crippen LogP) is 2.25. The van der Waals surface area contributed by atoms with E-state index in [1.807, 2.05) is 6.07 Å². The Morgan fingerprint density at radius 2 is 1.84 bits per heavy atom. The van der Waals surface area contributed by atoms with Gasteiger partial charge in [0.05, 0.1) is 6.61 Å². The normalized spacial score (nSPS) is 12.1. The van der Waals surface area contributed by atoms with E-state index in [0.717, 1.165) is 39.0 Å². The summed E-state index contributed by atoms with van der Waals surface area (Å²) in [6, 6.07) is 10.4. The second kappa shape index (κ2) is 8.31. The Morgan fingerprint density at radius 3 is 2.42 bits per heavy atom. The molecule has 0 heterocycles. The minimum atomic E-state index is 0.215. The molecule has 0 saturated heterocycles. The van der Waals surface area contributed by atoms with Gasteiger partial charge in [-0.15, -0.1) is 0 Å². The first-order valence-corrected chi connectivity index (χ1v) is 7.14. The van der Waals surface area contributed by atoms with Gasteiger partial charge in [0.1, 0.15) is 0 Å². The van der Waals surface area contributed by atoms with Crippen molar-refractivity contribution in [1.29, 1.82) is 0 Å². The van der Waals surface area contributed by atoms with Gasteiger partial charge in [0, 0.05) is 13.1 Å². The molecule has 1 aromatic carbocycles. The number of nitrogens with two attached hydrogens (primary N) is 1. The van der Waals surface area contributed by atoms with Crippen molar-refractivity contribution in [2.24, 2.45) is 11.1 Å². The average Bonchev–Trinajstić information content (AvgIpc) is 2.40. The van der Waals surface area contributed by atoms with Crippen LogP contribution < -0.4 is 5.73 Å². The number of aliphatic hydroxyl groups excluding tert-OH is 1. The molecule has 0 radical (unpaired) electrons. The van der Waals surface area contributed by atoms with Crippen molar-refractivity contribution < 1.29 is 5.11 Å². The van der Waals surface area contributed by atoms with Crippen LogP contribution in [0.25, 0.3) is 0 Å². The van der Waals surface area contributed by atoms with Gasteiger partial charge in [-0.05, 0) is 36.9 Å². The minimum Gasteiger partial charge on any atom is -0.395 e. The van der Waals surface area contributed by atoms with E-state index >= 15 is 0 Å². The standard InChI is InChI=1S/C16H28N2O/c1-16(2,14-17)9-6-10-18(11-12-19)13-15-7-4-3-5-8-15/h3-5,7-8,19H,6,9-14,17H2,1-2H3. The molecular formula is C16H28N2O. The van der Waals surface area contributed by atoms with E-state index in [-0.39, 0.29) is 12.0 Å². The zero-order chi connectivity index (χ0) is 14.1. The SMILES string of the molecule is CC(C)(CN)CCCN(CCO)Cc1ccccc1. The van der Waals surface area contributed by atoms with E-state index in [1.165, 1.54) is 5.56 Å². The van der Waals surface area contributed by atoms with Gasteiger partial charge in [-0.1, -0.05) is 44.2 Å². The maximum atomic E-state index is 9.16. The van der Waals surface area contributed by atoms with E-state index in [1.54, 1.807) is 0 Å². The van der Waals surface area contributed by atoms with Crippen LogP contribution in [0.4, 0.5) is 0 Å². The van der Waals surface area contributed by atoms with Gasteiger partial charge in [-0.3, -0.25) is 4.90 Å². The molecule has 1 rings (SSSR count). The molecule has 3 N–H and O–H groups in total. The van der Waals surface area contributed by atoms with Crippen molar-refractivity contribution in [2.75, 3.05) is 26.2 Å². The number of hydrogen-bond donors (Lipinski definition) is 2. The van der Waals surface area contributed by atoms with Crippen molar-refractivity contribution in [2.45, 2.75) is 33.2 Å². The van der Waals surface area contributed by atoms with Crippen LogP contribution in [0.15, 0.2) is 30.3 Å². The van der Waals surface area contributed by atoms with Crippen LogP contribution in [-0.4, -0.2) is 36.2 Å². The smallest absolute Gasteiger partial charge is 0.0558 e. The lowest BCUT2D eigenvalue weighted by Crippen LogP contribution is -2.30. The van der Waals surface area contributed by atoms with Crippen molar-refractivity contribution >= 4 is 0 Å². The fraction of sp³-hybridized carbons (Fsp3) is 0.625. The Balaban J connectivity index is 2.40. The fourth-order valence-corrected chi connectivity index (χ4v) is 2.14. The van der Waals surface area contributed by atoms with Gasteiger partial charge in [0.25, 0.3) is 0 Å². The molecular weight excluding hydrogens is 236 g/mol. The van der Waals surface area contributed by atoms with Gasteiger partial charge in [0.15, 0.2) is 0 Å². The van der Waals surface area contributed by atoms with Crippen LogP contribution in [0.3, 0.4) is 0 Å². The molecule has 0 aliphatic heterocycles. The molecule has 19 heavy (non-hydrogen) atoms. The molecule has 0 aliphatic carbocycles. The van der Waals surface area contributed by atoms with Crippen LogP contribution in [0.1, 0.15) is 32.3 Å². The second-order valence-electron chi connectivity index (χ2n) is 5.96. The zero-order valence-electron chi connectivity index (χ0n) is 12.3. The van der Waals surface area contributed by atoms with Gasteiger partial charge < -0.3 is 10.8 Å². The molecule has 3 heteroatoms. The Bertz CT molecular complexity index is 338. The first-order valence-electron chi connectivity index (χ1n) is 7.14. The summed E-state index contributed by atoms with van der Waals surface area (Å²) in [5, 5.41) is 9.16. The van der Waals surface area contributed by atoms with Crippen molar-refractivity contribution in [3.8, 4) is 0 Å². The first kappa shape index (κ1) is 16.2. The van der Waals surface area contributed by atoms with Crippen LogP contribution in [-0.2, 0) is 6.54 Å². The summed E-state index contributed by atoms with van der Waals surface area (Å²) in [5.74, 6) is 0. The van der Waals surface area contributed by atoms with Crippen LogP contribution >= 0.6 is 0 Å². The average molecular weight is 264 g/mol. The predicted molar refractivity (Wildman–Crippen MR) is 80.9 cm³/mol. The summed E-state index contributed by atoms with van der Waals surface area (Å²) in [4.78, 5) is 2.31. The van der Waals surface area contributed by atoms with Crippen LogP contribution in [0.2, 0.25) is 0 Å². The summed E-state index contributed by atoms with van der Waals surface area (Å²) >= 11 is 0. The molecule has 3 nitrogen and oxygen atoms in total. The molecule has 108 valence electrons. The molecule has 0 atom stereocenters. The number of benzene rings is 1. The maximum Gasteiger partial charge on any atom is 0.0558 e. The Morgan fingerprint density at radius 1 is 1.16 bits per heavy atom. The summed E-state index contributed by atoms with van der Waals surface area (Å²) in [5.41, 5.74) is 7.27.